The van der Waals surface area contributed by atoms with Crippen molar-refractivity contribution in [3.8, 4) is 5.75 Å². The van der Waals surface area contributed by atoms with Crippen molar-refractivity contribution in [2.75, 3.05) is 31.7 Å². The summed E-state index contributed by atoms with van der Waals surface area (Å²) in [7, 11) is -2.30. The van der Waals surface area contributed by atoms with Gasteiger partial charge in [-0.25, -0.2) is 13.1 Å². The van der Waals surface area contributed by atoms with Crippen molar-refractivity contribution in [1.82, 2.24) is 4.72 Å². The maximum absolute atomic E-state index is 13.5. The largest absolute Gasteiger partial charge is 0.490 e. The smallest absolute Gasteiger partial charge is 0.264 e. The van der Waals surface area contributed by atoms with Crippen molar-refractivity contribution in [2.24, 2.45) is 23.7 Å². The van der Waals surface area contributed by atoms with Crippen LogP contribution < -0.4 is 14.4 Å². The lowest BCUT2D eigenvalue weighted by molar-refractivity contribution is -0.124. The highest BCUT2D eigenvalue weighted by Crippen LogP contribution is 2.47. The number of nitrogens with zero attached hydrogens (tertiary/aromatic N) is 1. The molecule has 0 aromatic heterocycles. The Morgan fingerprint density at radius 2 is 1.98 bits per heavy atom. The van der Waals surface area contributed by atoms with Gasteiger partial charge < -0.3 is 14.4 Å². The third-order valence-corrected chi connectivity index (χ3v) is 11.9. The van der Waals surface area contributed by atoms with Crippen LogP contribution in [0.25, 0.3) is 0 Å². The van der Waals surface area contributed by atoms with Crippen LogP contribution in [0.4, 0.5) is 5.69 Å². The van der Waals surface area contributed by atoms with Gasteiger partial charge in [0.25, 0.3) is 10.0 Å². The number of allylic oxidation sites excluding steroid dienone is 1. The lowest BCUT2D eigenvalue weighted by atomic mass is 9.68. The van der Waals surface area contributed by atoms with Gasteiger partial charge >= 0.3 is 0 Å². The topological polar surface area (TPSA) is 84.9 Å². The lowest BCUT2D eigenvalue weighted by Gasteiger charge is -2.46. The summed E-state index contributed by atoms with van der Waals surface area (Å²) in [5.74, 6) is 0.419. The van der Waals surface area contributed by atoms with Crippen molar-refractivity contribution >= 4 is 33.2 Å². The van der Waals surface area contributed by atoms with Crippen molar-refractivity contribution in [3.05, 3.63) is 64.7 Å². The summed E-state index contributed by atoms with van der Waals surface area (Å²) >= 11 is 6.40. The highest BCUT2D eigenvalue weighted by atomic mass is 35.5. The van der Waals surface area contributed by atoms with E-state index in [9.17, 15) is 13.2 Å². The number of carbonyl (C=O) groups excluding carboxylic acids is 1. The lowest BCUT2D eigenvalue weighted by Crippen LogP contribution is -2.49. The molecule has 2 aliphatic heterocycles. The van der Waals surface area contributed by atoms with Crippen LogP contribution in [0.1, 0.15) is 57.1 Å². The molecule has 6 atom stereocenters. The van der Waals surface area contributed by atoms with E-state index in [0.29, 0.717) is 37.2 Å². The monoisotopic (exact) mass is 612 g/mol. The third-order valence-electron chi connectivity index (χ3n) is 10.3. The van der Waals surface area contributed by atoms with Crippen LogP contribution in [0.15, 0.2) is 53.4 Å². The zero-order valence-corrected chi connectivity index (χ0v) is 26.2. The summed E-state index contributed by atoms with van der Waals surface area (Å²) in [6.45, 7) is 5.73. The average Bonchev–Trinajstić information content (AvgIpc) is 3.10. The molecule has 2 aromatic rings. The molecule has 4 aliphatic rings. The first-order valence-corrected chi connectivity index (χ1v) is 17.0. The number of hydrogen-bond donors (Lipinski definition) is 1. The molecule has 2 aliphatic carbocycles. The minimum absolute atomic E-state index is 0.00564. The number of fused-ring (bicyclic) bond motifs is 4. The van der Waals surface area contributed by atoms with Crippen LogP contribution in [0.5, 0.6) is 5.75 Å². The molecule has 7 nitrogen and oxygen atoms in total. The summed E-state index contributed by atoms with van der Waals surface area (Å²) in [6, 6.07) is 11.2. The first-order chi connectivity index (χ1) is 20.1. The van der Waals surface area contributed by atoms with E-state index >= 15 is 0 Å². The van der Waals surface area contributed by atoms with Crippen LogP contribution in [-0.4, -0.2) is 47.2 Å². The molecular formula is C33H41ClN2O5S. The van der Waals surface area contributed by atoms with Gasteiger partial charge in [0.2, 0.25) is 5.91 Å². The third kappa shape index (κ3) is 5.46. The average molecular weight is 613 g/mol. The van der Waals surface area contributed by atoms with E-state index in [1.54, 1.807) is 32.2 Å². The van der Waals surface area contributed by atoms with Crippen molar-refractivity contribution in [2.45, 2.75) is 68.8 Å². The van der Waals surface area contributed by atoms with E-state index in [-0.39, 0.29) is 22.3 Å². The van der Waals surface area contributed by atoms with Gasteiger partial charge in [0.05, 0.1) is 23.3 Å². The Hall–Kier alpha value is -2.55. The fraction of sp³-hybridized carbons (Fsp3) is 0.545. The van der Waals surface area contributed by atoms with E-state index in [1.165, 1.54) is 11.1 Å². The Morgan fingerprint density at radius 1 is 1.14 bits per heavy atom. The number of nitrogens with one attached hydrogen (secondary N) is 1. The number of aryl methyl sites for hydroxylation is 1. The van der Waals surface area contributed by atoms with Crippen molar-refractivity contribution < 1.29 is 22.7 Å². The van der Waals surface area contributed by atoms with Crippen molar-refractivity contribution in [1.29, 1.82) is 0 Å². The molecular weight excluding hydrogens is 572 g/mol. The summed E-state index contributed by atoms with van der Waals surface area (Å²) < 4.78 is 41.9. The number of amides is 1. The second-order valence-corrected chi connectivity index (χ2v) is 15.0. The fourth-order valence-electron chi connectivity index (χ4n) is 7.37. The number of hydrogen-bond acceptors (Lipinski definition) is 6. The number of sulfonamides is 1. The van der Waals surface area contributed by atoms with E-state index < -0.39 is 21.8 Å². The Morgan fingerprint density at radius 3 is 2.74 bits per heavy atom. The molecule has 2 bridgehead atoms. The maximum atomic E-state index is 13.5. The Labute approximate surface area is 254 Å². The second kappa shape index (κ2) is 11.5. The number of ether oxygens (including phenoxy) is 2. The molecule has 2 aromatic carbocycles. The predicted octanol–water partition coefficient (Wildman–Crippen LogP) is 5.89. The zero-order chi connectivity index (χ0) is 29.6. The van der Waals surface area contributed by atoms with Crippen molar-refractivity contribution in [3.63, 3.8) is 0 Å². The summed E-state index contributed by atoms with van der Waals surface area (Å²) in [5.41, 5.74) is 3.03. The minimum atomic E-state index is -4.07. The highest BCUT2D eigenvalue weighted by molar-refractivity contribution is 7.90. The van der Waals surface area contributed by atoms with E-state index in [0.717, 1.165) is 49.4 Å². The number of halogens is 1. The van der Waals surface area contributed by atoms with E-state index in [2.05, 4.69) is 33.9 Å². The number of carbonyl (C=O) groups is 1. The number of methoxy groups -OCH3 is 1. The molecule has 1 saturated carbocycles. The van der Waals surface area contributed by atoms with Gasteiger partial charge in [-0.1, -0.05) is 43.7 Å². The molecule has 1 fully saturated rings. The number of benzene rings is 2. The van der Waals surface area contributed by atoms with Gasteiger partial charge in [-0.05, 0) is 97.7 Å². The molecule has 0 radical (unpaired) electrons. The summed E-state index contributed by atoms with van der Waals surface area (Å²) in [6.07, 6.45) is 10.1. The first-order valence-electron chi connectivity index (χ1n) is 15.2. The molecule has 1 spiro atoms. The van der Waals surface area contributed by atoms with Crippen LogP contribution in [0.2, 0.25) is 5.02 Å². The standard InChI is InChI=1S/C33H41ClN2O5S/c1-21-6-4-8-30(40-3)27-12-9-24(27)18-36-19-33(15-5-7-23-16-25(34)10-13-28(23)33)20-41-31-14-11-26(17-29(31)36)42(38,39)35-32(37)22(21)2/h4,8,10-11,13-14,16-17,21-22,24,27,30H,5-7,9,12,15,18-20H2,1-3H3,(H,35,37)/t21-,22+,24-,27+,30-,33-/m0/s1. The maximum Gasteiger partial charge on any atom is 0.264 e. The summed E-state index contributed by atoms with van der Waals surface area (Å²) in [5, 5.41) is 0.741. The van der Waals surface area contributed by atoms with Gasteiger partial charge in [-0.2, -0.15) is 0 Å². The first kappa shape index (κ1) is 29.5. The fourth-order valence-corrected chi connectivity index (χ4v) is 8.65. The molecule has 1 N–H and O–H groups in total. The van der Waals surface area contributed by atoms with E-state index in [1.807, 2.05) is 13.0 Å². The van der Waals surface area contributed by atoms with Gasteiger partial charge in [-0.15, -0.1) is 0 Å². The molecule has 6 rings (SSSR count). The van der Waals surface area contributed by atoms with Crippen LogP contribution in [0.3, 0.4) is 0 Å². The van der Waals surface area contributed by atoms with Gasteiger partial charge in [0.1, 0.15) is 5.75 Å². The van der Waals surface area contributed by atoms with Gasteiger partial charge in [0, 0.05) is 36.6 Å². The molecule has 2 heterocycles. The number of anilines is 1. The molecule has 0 saturated heterocycles. The number of rotatable bonds is 1. The molecule has 0 unspecified atom stereocenters. The van der Waals surface area contributed by atoms with E-state index in [4.69, 9.17) is 21.1 Å². The van der Waals surface area contributed by atoms with Crippen LogP contribution in [-0.2, 0) is 31.4 Å². The summed E-state index contributed by atoms with van der Waals surface area (Å²) in [4.78, 5) is 15.5. The minimum Gasteiger partial charge on any atom is -0.490 e. The molecule has 226 valence electrons. The molecule has 42 heavy (non-hydrogen) atoms. The highest BCUT2D eigenvalue weighted by Gasteiger charge is 2.44. The second-order valence-electron chi connectivity index (χ2n) is 12.8. The van der Waals surface area contributed by atoms with Gasteiger partial charge in [-0.3, -0.25) is 4.79 Å². The van der Waals surface area contributed by atoms with Crippen LogP contribution >= 0.6 is 11.6 Å². The molecule has 9 heteroatoms. The Balaban J connectivity index is 1.44. The Kier molecular flexibility index (Phi) is 8.09. The quantitative estimate of drug-likeness (QED) is 0.404. The zero-order valence-electron chi connectivity index (χ0n) is 24.6. The Bertz CT molecular complexity index is 1490. The predicted molar refractivity (Wildman–Crippen MR) is 165 cm³/mol. The SMILES string of the molecule is CO[C@H]1C=CC[C@H](C)[C@@H](C)C(=O)NS(=O)(=O)c2ccc3c(c2)N(C[C@@H]2CC[C@H]21)C[C@@]1(CCCc2cc(Cl)ccc21)CO3. The van der Waals surface area contributed by atoms with Gasteiger partial charge in [0.15, 0.2) is 0 Å². The van der Waals surface area contributed by atoms with Crippen LogP contribution in [0, 0.1) is 23.7 Å². The molecule has 1 amide bonds. The normalized spacial score (nSPS) is 32.5.